The first-order chi connectivity index (χ1) is 18.1. The van der Waals surface area contributed by atoms with Gasteiger partial charge in [0.05, 0.1) is 19.0 Å². The van der Waals surface area contributed by atoms with E-state index < -0.39 is 11.6 Å². The third-order valence-corrected chi connectivity index (χ3v) is 7.32. The van der Waals surface area contributed by atoms with E-state index in [1.807, 2.05) is 10.7 Å². The van der Waals surface area contributed by atoms with Crippen LogP contribution in [0.3, 0.4) is 0 Å². The number of anilines is 2. The van der Waals surface area contributed by atoms with Gasteiger partial charge in [-0.3, -0.25) is 4.68 Å². The molecule has 192 valence electrons. The summed E-state index contributed by atoms with van der Waals surface area (Å²) in [4.78, 5) is 15.2. The number of aryl methyl sites for hydroxylation is 2. The average molecular weight is 506 g/mol. The number of hydrogen-bond donors (Lipinski definition) is 1. The van der Waals surface area contributed by atoms with E-state index in [9.17, 15) is 8.78 Å². The Balaban J connectivity index is 1.15. The molecule has 1 aromatic carbocycles. The van der Waals surface area contributed by atoms with Crippen molar-refractivity contribution in [2.75, 3.05) is 31.6 Å². The second-order valence-electron chi connectivity index (χ2n) is 9.71. The fourth-order valence-electron chi connectivity index (χ4n) is 5.19. The van der Waals surface area contributed by atoms with Gasteiger partial charge in [-0.15, -0.1) is 0 Å². The van der Waals surface area contributed by atoms with E-state index >= 15 is 0 Å². The molecule has 0 aliphatic carbocycles. The Kier molecular flexibility index (Phi) is 6.42. The van der Waals surface area contributed by atoms with E-state index in [0.717, 1.165) is 63.8 Å². The zero-order valence-electron chi connectivity index (χ0n) is 20.8. The Hall–Kier alpha value is -3.66. The lowest BCUT2D eigenvalue weighted by Crippen LogP contribution is -2.35. The topological polar surface area (TPSA) is 81.0 Å². The van der Waals surface area contributed by atoms with Crippen LogP contribution < -0.4 is 10.1 Å². The highest BCUT2D eigenvalue weighted by Crippen LogP contribution is 2.32. The van der Waals surface area contributed by atoms with Crippen LogP contribution in [-0.2, 0) is 13.0 Å². The van der Waals surface area contributed by atoms with Gasteiger partial charge in [-0.05, 0) is 75.5 Å². The molecule has 0 radical (unpaired) electrons. The number of piperidine rings is 1. The lowest BCUT2D eigenvalue weighted by atomic mass is 9.98. The number of nitrogens with zero attached hydrogens (tertiary/aromatic N) is 6. The van der Waals surface area contributed by atoms with Crippen molar-refractivity contribution in [2.45, 2.75) is 39.2 Å². The summed E-state index contributed by atoms with van der Waals surface area (Å²) in [5.41, 5.74) is 1.65. The molecule has 0 amide bonds. The first kappa shape index (κ1) is 23.7. The predicted molar refractivity (Wildman–Crippen MR) is 137 cm³/mol. The molecule has 0 spiro atoms. The summed E-state index contributed by atoms with van der Waals surface area (Å²) in [7, 11) is 0. The second kappa shape index (κ2) is 10.0. The zero-order chi connectivity index (χ0) is 25.4. The molecule has 2 aliphatic rings. The van der Waals surface area contributed by atoms with E-state index in [0.29, 0.717) is 40.6 Å². The molecule has 0 unspecified atom stereocenters. The maximum absolute atomic E-state index is 14.8. The number of hydrogen-bond acceptors (Lipinski definition) is 7. The van der Waals surface area contributed by atoms with E-state index in [-0.39, 0.29) is 11.6 Å². The molecule has 0 bridgehead atoms. The van der Waals surface area contributed by atoms with Crippen molar-refractivity contribution in [3.63, 3.8) is 0 Å². The maximum atomic E-state index is 14.8. The normalized spacial score (nSPS) is 16.3. The molecule has 0 atom stereocenters. The monoisotopic (exact) mass is 505 g/mol. The fourth-order valence-corrected chi connectivity index (χ4v) is 5.19. The quantitative estimate of drug-likeness (QED) is 0.380. The number of nitrogens with one attached hydrogen (secondary N) is 1. The molecule has 2 aliphatic heterocycles. The van der Waals surface area contributed by atoms with Crippen LogP contribution in [0.15, 0.2) is 36.7 Å². The fraction of sp³-hybridized carbons (Fsp3) is 0.407. The van der Waals surface area contributed by atoms with Crippen molar-refractivity contribution in [1.82, 2.24) is 29.6 Å². The van der Waals surface area contributed by atoms with Crippen molar-refractivity contribution in [3.8, 4) is 17.0 Å². The maximum Gasteiger partial charge on any atom is 0.229 e. The summed E-state index contributed by atoms with van der Waals surface area (Å²) < 4.78 is 37.3. The molecular weight excluding hydrogens is 476 g/mol. The standard InChI is InChI=1S/C27H29F2N7O/c1-2-35-10-7-17(8-11-35)16-37-19-5-6-24(30-14-19)32-27-31-15-22(29)25(33-27)18-12-20-23-4-3-9-36(23)34-26(20)21(28)13-18/h5-6,12-15,17H,2-4,7-11,16H2,1H3,(H,30,31,32,33). The van der Waals surface area contributed by atoms with Gasteiger partial charge in [0.1, 0.15) is 22.8 Å². The van der Waals surface area contributed by atoms with Crippen LogP contribution in [0, 0.1) is 17.6 Å². The van der Waals surface area contributed by atoms with E-state index in [4.69, 9.17) is 4.74 Å². The Labute approximate surface area is 213 Å². The minimum Gasteiger partial charge on any atom is -0.492 e. The molecule has 8 nitrogen and oxygen atoms in total. The van der Waals surface area contributed by atoms with Crippen molar-refractivity contribution in [3.05, 3.63) is 54.0 Å². The number of rotatable bonds is 7. The van der Waals surface area contributed by atoms with Crippen molar-refractivity contribution >= 4 is 22.7 Å². The third-order valence-electron chi connectivity index (χ3n) is 7.32. The van der Waals surface area contributed by atoms with Gasteiger partial charge in [0.25, 0.3) is 0 Å². The third kappa shape index (κ3) is 4.85. The van der Waals surface area contributed by atoms with Crippen molar-refractivity contribution in [2.24, 2.45) is 5.92 Å². The highest BCUT2D eigenvalue weighted by molar-refractivity contribution is 5.87. The summed E-state index contributed by atoms with van der Waals surface area (Å²) in [6, 6.07) is 6.64. The molecule has 0 saturated carbocycles. The molecule has 5 heterocycles. The summed E-state index contributed by atoms with van der Waals surface area (Å²) in [5.74, 6) is 0.795. The molecular formula is C27H29F2N7O. The largest absolute Gasteiger partial charge is 0.492 e. The Morgan fingerprint density at radius 3 is 2.70 bits per heavy atom. The molecule has 1 N–H and O–H groups in total. The van der Waals surface area contributed by atoms with Gasteiger partial charge < -0.3 is 15.0 Å². The summed E-state index contributed by atoms with van der Waals surface area (Å²) >= 11 is 0. The zero-order valence-corrected chi connectivity index (χ0v) is 20.8. The smallest absolute Gasteiger partial charge is 0.229 e. The van der Waals surface area contributed by atoms with Crippen LogP contribution in [0.1, 0.15) is 31.9 Å². The predicted octanol–water partition coefficient (Wildman–Crippen LogP) is 4.97. The SMILES string of the molecule is CCN1CCC(COc2ccc(Nc3ncc(F)c(-c4cc(F)c5nn6c(c5c4)CCC6)n3)nc2)CC1. The molecule has 6 rings (SSSR count). The number of aromatic nitrogens is 5. The first-order valence-corrected chi connectivity index (χ1v) is 12.9. The number of benzene rings is 1. The van der Waals surface area contributed by atoms with Gasteiger partial charge in [0.15, 0.2) is 11.6 Å². The van der Waals surface area contributed by atoms with E-state index in [1.165, 1.54) is 6.07 Å². The van der Waals surface area contributed by atoms with Gasteiger partial charge in [-0.1, -0.05) is 6.92 Å². The number of pyridine rings is 1. The summed E-state index contributed by atoms with van der Waals surface area (Å²) in [5, 5.41) is 8.06. The second-order valence-corrected chi connectivity index (χ2v) is 9.71. The first-order valence-electron chi connectivity index (χ1n) is 12.9. The van der Waals surface area contributed by atoms with Crippen LogP contribution in [0.4, 0.5) is 20.5 Å². The molecule has 1 saturated heterocycles. The van der Waals surface area contributed by atoms with E-state index in [1.54, 1.807) is 18.3 Å². The number of halogens is 2. The van der Waals surface area contributed by atoms with E-state index in [2.05, 4.69) is 37.2 Å². The molecule has 4 aromatic rings. The van der Waals surface area contributed by atoms with Crippen LogP contribution in [0.25, 0.3) is 22.2 Å². The van der Waals surface area contributed by atoms with Crippen molar-refractivity contribution < 1.29 is 13.5 Å². The number of ether oxygens (including phenoxy) is 1. The van der Waals surface area contributed by atoms with Crippen LogP contribution >= 0.6 is 0 Å². The average Bonchev–Trinajstić information content (AvgIpc) is 3.52. The lowest BCUT2D eigenvalue weighted by molar-refractivity contribution is 0.145. The van der Waals surface area contributed by atoms with Crippen LogP contribution in [-0.4, -0.2) is 55.9 Å². The molecule has 1 fully saturated rings. The minimum absolute atomic E-state index is 0.0188. The lowest BCUT2D eigenvalue weighted by Gasteiger charge is -2.30. The Morgan fingerprint density at radius 1 is 1.05 bits per heavy atom. The van der Waals surface area contributed by atoms with Gasteiger partial charge in [-0.2, -0.15) is 5.10 Å². The van der Waals surface area contributed by atoms with Crippen molar-refractivity contribution in [1.29, 1.82) is 0 Å². The highest BCUT2D eigenvalue weighted by atomic mass is 19.1. The van der Waals surface area contributed by atoms with Crippen LogP contribution in [0.5, 0.6) is 5.75 Å². The van der Waals surface area contributed by atoms with Crippen LogP contribution in [0.2, 0.25) is 0 Å². The minimum atomic E-state index is -0.630. The summed E-state index contributed by atoms with van der Waals surface area (Å²) in [6.45, 7) is 6.99. The van der Waals surface area contributed by atoms with Gasteiger partial charge in [0, 0.05) is 23.2 Å². The molecule has 37 heavy (non-hydrogen) atoms. The Morgan fingerprint density at radius 2 is 1.92 bits per heavy atom. The number of likely N-dealkylation sites (tertiary alicyclic amines) is 1. The molecule has 3 aromatic heterocycles. The highest BCUT2D eigenvalue weighted by Gasteiger charge is 2.22. The number of fused-ring (bicyclic) bond motifs is 3. The molecule has 10 heteroatoms. The Bertz CT molecular complexity index is 1410. The van der Waals surface area contributed by atoms with Gasteiger partial charge in [0.2, 0.25) is 5.95 Å². The van der Waals surface area contributed by atoms with Gasteiger partial charge in [-0.25, -0.2) is 23.7 Å². The van der Waals surface area contributed by atoms with Gasteiger partial charge >= 0.3 is 0 Å². The summed E-state index contributed by atoms with van der Waals surface area (Å²) in [6.07, 6.45) is 6.81.